The van der Waals surface area contributed by atoms with Crippen LogP contribution in [0.25, 0.3) is 11.0 Å². The minimum Gasteiger partial charge on any atom is -0.493 e. The fourth-order valence-corrected chi connectivity index (χ4v) is 4.03. The van der Waals surface area contributed by atoms with Crippen molar-refractivity contribution in [3.05, 3.63) is 48.0 Å². The van der Waals surface area contributed by atoms with Gasteiger partial charge in [-0.2, -0.15) is 5.26 Å². The number of benzene rings is 2. The maximum Gasteiger partial charge on any atom is 0.238 e. The fraction of sp³-hybridized carbons (Fsp3) is 0.222. The molecule has 0 saturated heterocycles. The van der Waals surface area contributed by atoms with E-state index in [1.54, 1.807) is 30.3 Å². The molecule has 0 fully saturated rings. The van der Waals surface area contributed by atoms with Crippen molar-refractivity contribution in [2.75, 3.05) is 12.4 Å². The zero-order chi connectivity index (χ0) is 19.4. The van der Waals surface area contributed by atoms with Crippen LogP contribution >= 0.6 is 11.8 Å². The van der Waals surface area contributed by atoms with Gasteiger partial charge in [0.1, 0.15) is 5.75 Å². The molecule has 0 unspecified atom stereocenters. The summed E-state index contributed by atoms with van der Waals surface area (Å²) >= 11 is 1.53. The SMILES string of the molecule is CCn1c(SCCOc2ccc(C#N)cc2)nc2cc(S(N)(=O)=O)ccc21. The molecule has 27 heavy (non-hydrogen) atoms. The van der Waals surface area contributed by atoms with Crippen molar-refractivity contribution in [3.63, 3.8) is 0 Å². The van der Waals surface area contributed by atoms with Gasteiger partial charge in [-0.3, -0.25) is 0 Å². The molecule has 9 heteroatoms. The first kappa shape index (κ1) is 19.2. The van der Waals surface area contributed by atoms with Crippen molar-refractivity contribution in [2.45, 2.75) is 23.5 Å². The normalized spacial score (nSPS) is 11.4. The van der Waals surface area contributed by atoms with E-state index in [2.05, 4.69) is 11.1 Å². The van der Waals surface area contributed by atoms with E-state index in [0.717, 1.165) is 10.7 Å². The van der Waals surface area contributed by atoms with Gasteiger partial charge in [-0.05, 0) is 49.4 Å². The Hall–Kier alpha value is -2.54. The number of nitrogens with two attached hydrogens (primary N) is 1. The number of nitriles is 1. The molecule has 0 saturated carbocycles. The zero-order valence-corrected chi connectivity index (χ0v) is 16.3. The summed E-state index contributed by atoms with van der Waals surface area (Å²) in [7, 11) is -3.76. The zero-order valence-electron chi connectivity index (χ0n) is 14.6. The molecule has 3 aromatic rings. The number of thioether (sulfide) groups is 1. The van der Waals surface area contributed by atoms with Gasteiger partial charge in [-0.25, -0.2) is 18.5 Å². The number of aromatic nitrogens is 2. The van der Waals surface area contributed by atoms with E-state index in [-0.39, 0.29) is 4.90 Å². The first-order valence-electron chi connectivity index (χ1n) is 8.21. The molecule has 2 N–H and O–H groups in total. The second-order valence-corrected chi connectivity index (χ2v) is 8.29. The lowest BCUT2D eigenvalue weighted by atomic mass is 10.2. The highest BCUT2D eigenvalue weighted by Crippen LogP contribution is 2.26. The minimum absolute atomic E-state index is 0.0523. The summed E-state index contributed by atoms with van der Waals surface area (Å²) in [6.45, 7) is 3.20. The number of imidazole rings is 1. The number of sulfonamides is 1. The summed E-state index contributed by atoms with van der Waals surface area (Å²) in [6, 6.07) is 13.7. The van der Waals surface area contributed by atoms with Crippen LogP contribution in [0.4, 0.5) is 0 Å². The van der Waals surface area contributed by atoms with E-state index in [0.29, 0.717) is 35.7 Å². The number of nitrogens with zero attached hydrogens (tertiary/aromatic N) is 3. The Bertz CT molecular complexity index is 1100. The van der Waals surface area contributed by atoms with Crippen molar-refractivity contribution < 1.29 is 13.2 Å². The Morgan fingerprint density at radius 1 is 1.26 bits per heavy atom. The summed E-state index contributed by atoms with van der Waals surface area (Å²) in [4.78, 5) is 4.59. The molecule has 1 heterocycles. The largest absolute Gasteiger partial charge is 0.493 e. The van der Waals surface area contributed by atoms with E-state index in [1.165, 1.54) is 23.9 Å². The highest BCUT2D eigenvalue weighted by atomic mass is 32.2. The van der Waals surface area contributed by atoms with Crippen LogP contribution < -0.4 is 9.88 Å². The third-order valence-electron chi connectivity index (χ3n) is 3.90. The molecule has 0 bridgehead atoms. The summed E-state index contributed by atoms with van der Waals surface area (Å²) < 4.78 is 30.8. The van der Waals surface area contributed by atoms with Gasteiger partial charge >= 0.3 is 0 Å². The first-order chi connectivity index (χ1) is 12.9. The van der Waals surface area contributed by atoms with Gasteiger partial charge in [-0.15, -0.1) is 0 Å². The number of hydrogen-bond donors (Lipinski definition) is 1. The quantitative estimate of drug-likeness (QED) is 0.480. The molecule has 0 atom stereocenters. The minimum atomic E-state index is -3.76. The third kappa shape index (κ3) is 4.42. The lowest BCUT2D eigenvalue weighted by Gasteiger charge is -2.07. The molecule has 3 rings (SSSR count). The number of aryl methyl sites for hydroxylation is 1. The number of fused-ring (bicyclic) bond motifs is 1. The number of primary sulfonamides is 1. The van der Waals surface area contributed by atoms with Gasteiger partial charge in [0, 0.05) is 12.3 Å². The van der Waals surface area contributed by atoms with Crippen molar-refractivity contribution >= 4 is 32.8 Å². The molecule has 1 aromatic heterocycles. The molecular weight excluding hydrogens is 384 g/mol. The van der Waals surface area contributed by atoms with Gasteiger partial charge < -0.3 is 9.30 Å². The lowest BCUT2D eigenvalue weighted by Crippen LogP contribution is -2.11. The summed E-state index contributed by atoms with van der Waals surface area (Å²) in [5.41, 5.74) is 2.05. The van der Waals surface area contributed by atoms with Crippen LogP contribution in [0, 0.1) is 11.3 Å². The average molecular weight is 403 g/mol. The van der Waals surface area contributed by atoms with Crippen LogP contribution in [0.15, 0.2) is 52.5 Å². The topological polar surface area (TPSA) is 111 Å². The summed E-state index contributed by atoms with van der Waals surface area (Å²) in [5, 5.41) is 14.8. The standard InChI is InChI=1S/C18H18N4O3S2/c1-2-22-17-8-7-15(27(20,23)24)11-16(17)21-18(22)26-10-9-25-14-5-3-13(12-19)4-6-14/h3-8,11H,2,9-10H2,1H3,(H2,20,23,24). The van der Waals surface area contributed by atoms with E-state index in [4.69, 9.17) is 15.1 Å². The molecule has 0 aliphatic rings. The maximum absolute atomic E-state index is 11.5. The van der Waals surface area contributed by atoms with Gasteiger partial charge in [0.05, 0.1) is 34.2 Å². The average Bonchev–Trinajstić information content (AvgIpc) is 3.01. The molecule has 0 aliphatic carbocycles. The molecule has 0 amide bonds. The smallest absolute Gasteiger partial charge is 0.238 e. The predicted molar refractivity (Wildman–Crippen MR) is 104 cm³/mol. The van der Waals surface area contributed by atoms with E-state index < -0.39 is 10.0 Å². The summed E-state index contributed by atoms with van der Waals surface area (Å²) in [5.74, 6) is 1.38. The molecule has 0 aliphatic heterocycles. The lowest BCUT2D eigenvalue weighted by molar-refractivity contribution is 0.344. The third-order valence-corrected chi connectivity index (χ3v) is 5.75. The van der Waals surface area contributed by atoms with E-state index in [1.807, 2.05) is 11.5 Å². The van der Waals surface area contributed by atoms with Crippen molar-refractivity contribution in [3.8, 4) is 11.8 Å². The highest BCUT2D eigenvalue weighted by Gasteiger charge is 2.14. The highest BCUT2D eigenvalue weighted by molar-refractivity contribution is 7.99. The molecule has 2 aromatic carbocycles. The van der Waals surface area contributed by atoms with Crippen molar-refractivity contribution in [1.82, 2.24) is 9.55 Å². The molecule has 0 spiro atoms. The monoisotopic (exact) mass is 402 g/mol. The van der Waals surface area contributed by atoms with Crippen LogP contribution in [-0.4, -0.2) is 30.3 Å². The maximum atomic E-state index is 11.5. The molecule has 0 radical (unpaired) electrons. The van der Waals surface area contributed by atoms with Crippen molar-refractivity contribution in [1.29, 1.82) is 5.26 Å². The predicted octanol–water partition coefficient (Wildman–Crippen LogP) is 2.75. The van der Waals surface area contributed by atoms with Crippen LogP contribution in [0.5, 0.6) is 5.75 Å². The van der Waals surface area contributed by atoms with E-state index in [9.17, 15) is 8.42 Å². The molecule has 140 valence electrons. The van der Waals surface area contributed by atoms with Crippen LogP contribution in [0.3, 0.4) is 0 Å². The Labute approximate surface area is 161 Å². The number of ether oxygens (including phenoxy) is 1. The Morgan fingerprint density at radius 2 is 2.00 bits per heavy atom. The number of hydrogen-bond acceptors (Lipinski definition) is 6. The molecule has 7 nitrogen and oxygen atoms in total. The van der Waals surface area contributed by atoms with E-state index >= 15 is 0 Å². The van der Waals surface area contributed by atoms with Crippen molar-refractivity contribution in [2.24, 2.45) is 5.14 Å². The first-order valence-corrected chi connectivity index (χ1v) is 10.7. The van der Waals surface area contributed by atoms with Gasteiger partial charge in [0.15, 0.2) is 5.16 Å². The Balaban J connectivity index is 1.69. The van der Waals surface area contributed by atoms with Crippen LogP contribution in [0.2, 0.25) is 0 Å². The van der Waals surface area contributed by atoms with Crippen LogP contribution in [0.1, 0.15) is 12.5 Å². The van der Waals surface area contributed by atoms with Gasteiger partial charge in [0.2, 0.25) is 10.0 Å². The Kier molecular flexibility index (Phi) is 5.70. The summed E-state index contributed by atoms with van der Waals surface area (Å²) in [6.07, 6.45) is 0. The van der Waals surface area contributed by atoms with Gasteiger partial charge in [0.25, 0.3) is 0 Å². The fourth-order valence-electron chi connectivity index (χ4n) is 2.60. The van der Waals surface area contributed by atoms with Crippen LogP contribution in [-0.2, 0) is 16.6 Å². The molecular formula is C18H18N4O3S2. The second-order valence-electron chi connectivity index (χ2n) is 5.67. The Morgan fingerprint density at radius 3 is 2.63 bits per heavy atom. The second kappa shape index (κ2) is 8.00. The van der Waals surface area contributed by atoms with Gasteiger partial charge in [-0.1, -0.05) is 11.8 Å². The number of rotatable bonds is 7.